The van der Waals surface area contributed by atoms with Crippen molar-refractivity contribution in [3.63, 3.8) is 0 Å². The number of azo groups is 2. The number of amides is 2. The van der Waals surface area contributed by atoms with Crippen LogP contribution in [-0.2, 0) is 29.8 Å². The molecular formula is C36H35N9O11S2. The lowest BCUT2D eigenvalue weighted by Gasteiger charge is -2.15. The van der Waals surface area contributed by atoms with Crippen LogP contribution in [0.25, 0.3) is 5.69 Å². The molecule has 1 atom stereocenters. The highest BCUT2D eigenvalue weighted by Gasteiger charge is 2.27. The minimum absolute atomic E-state index is 0.0286. The molecule has 2 amide bonds. The summed E-state index contributed by atoms with van der Waals surface area (Å²) in [5, 5.41) is 25.2. The van der Waals surface area contributed by atoms with Gasteiger partial charge in [0.2, 0.25) is 6.04 Å². The molecule has 0 saturated heterocycles. The summed E-state index contributed by atoms with van der Waals surface area (Å²) in [5.41, 5.74) is 7.56. The number of carbonyl (C=O) groups excluding carboxylic acids is 3. The summed E-state index contributed by atoms with van der Waals surface area (Å²) in [4.78, 5) is 37.6. The van der Waals surface area contributed by atoms with Gasteiger partial charge in [-0.05, 0) is 74.9 Å². The van der Waals surface area contributed by atoms with Crippen molar-refractivity contribution >= 4 is 72.1 Å². The molecule has 1 unspecified atom stereocenters. The maximum absolute atomic E-state index is 13.3. The quantitative estimate of drug-likeness (QED) is 0.0493. The number of ether oxygens (including phenoxy) is 2. The second kappa shape index (κ2) is 17.1. The van der Waals surface area contributed by atoms with Gasteiger partial charge in [-0.15, -0.1) is 5.11 Å². The van der Waals surface area contributed by atoms with Crippen LogP contribution in [0.2, 0.25) is 0 Å². The fourth-order valence-corrected chi connectivity index (χ4v) is 6.71. The van der Waals surface area contributed by atoms with Crippen molar-refractivity contribution in [1.29, 1.82) is 0 Å². The Bertz CT molecular complexity index is 2700. The molecule has 5 aromatic rings. The fraction of sp³-hybridized carbons (Fsp3) is 0.167. The summed E-state index contributed by atoms with van der Waals surface area (Å²) in [7, 11) is -7.35. The number of hydrogen-bond acceptors (Lipinski definition) is 15. The second-order valence-corrected chi connectivity index (χ2v) is 15.1. The summed E-state index contributed by atoms with van der Waals surface area (Å²) < 4.78 is 79.9. The monoisotopic (exact) mass is 833 g/mol. The van der Waals surface area contributed by atoms with E-state index in [1.807, 2.05) is 30.3 Å². The number of aryl methyl sites for hydroxylation is 2. The van der Waals surface area contributed by atoms with Gasteiger partial charge < -0.3 is 25.8 Å². The number of carbonyl (C=O) groups is 3. The van der Waals surface area contributed by atoms with Gasteiger partial charge in [-0.2, -0.15) is 37.3 Å². The van der Waals surface area contributed by atoms with E-state index in [1.54, 1.807) is 6.92 Å². The summed E-state index contributed by atoms with van der Waals surface area (Å²) in [6.07, 6.45) is 0. The van der Waals surface area contributed by atoms with Crippen LogP contribution in [0.3, 0.4) is 0 Å². The lowest BCUT2D eigenvalue weighted by atomic mass is 10.1. The summed E-state index contributed by atoms with van der Waals surface area (Å²) in [5.74, 6) is -2.70. The van der Waals surface area contributed by atoms with E-state index in [9.17, 15) is 40.3 Å². The van der Waals surface area contributed by atoms with Crippen LogP contribution < -0.4 is 25.8 Å². The number of nitrogens with zero attached hydrogens (tertiary/aromatic N) is 6. The van der Waals surface area contributed by atoms with E-state index in [-0.39, 0.29) is 39.8 Å². The molecule has 0 fully saturated rings. The van der Waals surface area contributed by atoms with E-state index in [0.717, 1.165) is 30.8 Å². The van der Waals surface area contributed by atoms with Crippen molar-refractivity contribution in [3.8, 4) is 17.2 Å². The van der Waals surface area contributed by atoms with Gasteiger partial charge in [0.1, 0.15) is 27.0 Å². The van der Waals surface area contributed by atoms with Crippen LogP contribution in [0.15, 0.2) is 109 Å². The topological polar surface area (TPSA) is 296 Å². The van der Waals surface area contributed by atoms with Crippen LogP contribution in [0.1, 0.15) is 28.5 Å². The van der Waals surface area contributed by atoms with E-state index in [4.69, 9.17) is 15.2 Å². The first kappa shape index (κ1) is 42.3. The smallest absolute Gasteiger partial charge is 0.296 e. The molecule has 1 heterocycles. The number of nitrogens with two attached hydrogens (primary N) is 1. The van der Waals surface area contributed by atoms with Crippen molar-refractivity contribution in [2.75, 3.05) is 30.6 Å². The molecular weight excluding hydrogens is 799 g/mol. The molecule has 0 saturated carbocycles. The zero-order valence-electron chi connectivity index (χ0n) is 31.2. The zero-order valence-corrected chi connectivity index (χ0v) is 32.9. The van der Waals surface area contributed by atoms with E-state index < -0.39 is 59.4 Å². The SMILES string of the molecule is COc1cc(/N=N/C(C(C)=O)C(=O)Nc2cc(C)c(S(=O)(=O)O)cc2OC)c(S(=O)(=O)O)cc1NC(=O)c1ccc(/N=N/c2c(C)nn(-c3ccccc3)c2N)cc1. The highest BCUT2D eigenvalue weighted by Crippen LogP contribution is 2.37. The van der Waals surface area contributed by atoms with E-state index in [2.05, 4.69) is 36.2 Å². The maximum atomic E-state index is 13.3. The molecule has 0 radical (unpaired) electrons. The number of para-hydroxylation sites is 1. The largest absolute Gasteiger partial charge is 0.495 e. The molecule has 5 rings (SSSR count). The Morgan fingerprint density at radius 3 is 1.98 bits per heavy atom. The van der Waals surface area contributed by atoms with Gasteiger partial charge in [0.25, 0.3) is 32.1 Å². The Morgan fingerprint density at radius 1 is 0.793 bits per heavy atom. The van der Waals surface area contributed by atoms with Crippen LogP contribution in [0.5, 0.6) is 11.5 Å². The van der Waals surface area contributed by atoms with Crippen LogP contribution in [0.4, 0.5) is 34.3 Å². The highest BCUT2D eigenvalue weighted by molar-refractivity contribution is 7.86. The molecule has 4 aromatic carbocycles. The minimum Gasteiger partial charge on any atom is -0.495 e. The van der Waals surface area contributed by atoms with Crippen LogP contribution in [-0.4, -0.2) is 73.6 Å². The lowest BCUT2D eigenvalue weighted by molar-refractivity contribution is -0.126. The first-order valence-corrected chi connectivity index (χ1v) is 19.5. The molecule has 0 spiro atoms. The first-order chi connectivity index (χ1) is 27.3. The standard InChI is InChI=1S/C36H35N9O11S2/c1-19-15-25(29(56-5)18-30(19)57(49,50)51)39-36(48)33(21(3)46)43-41-27-16-28(55-4)26(17-31(27)58(52,53)54)38-35(47)22-11-13-23(14-12-22)40-42-32-20(2)44-45(34(32)37)24-9-7-6-8-10-24/h6-18,33H,37H2,1-5H3,(H,38,47)(H,39,48)(H,49,50,51)(H,52,53,54)/b42-40+,43-41+. The third kappa shape index (κ3) is 9.55. The molecule has 302 valence electrons. The molecule has 6 N–H and O–H groups in total. The van der Waals surface area contributed by atoms with E-state index >= 15 is 0 Å². The Labute approximate surface area is 331 Å². The predicted molar refractivity (Wildman–Crippen MR) is 209 cm³/mol. The highest BCUT2D eigenvalue weighted by atomic mass is 32.2. The number of methoxy groups -OCH3 is 2. The molecule has 58 heavy (non-hydrogen) atoms. The van der Waals surface area contributed by atoms with Crippen molar-refractivity contribution in [1.82, 2.24) is 9.78 Å². The summed E-state index contributed by atoms with van der Waals surface area (Å²) in [6, 6.07) is 17.2. The zero-order chi connectivity index (χ0) is 42.5. The molecule has 0 aliphatic carbocycles. The number of benzene rings is 4. The third-order valence-electron chi connectivity index (χ3n) is 8.21. The molecule has 0 aliphatic rings. The van der Waals surface area contributed by atoms with E-state index in [1.165, 1.54) is 56.2 Å². The molecule has 1 aromatic heterocycles. The fourth-order valence-electron chi connectivity index (χ4n) is 5.36. The van der Waals surface area contributed by atoms with Crippen molar-refractivity contribution in [2.45, 2.75) is 36.6 Å². The minimum atomic E-state index is -5.07. The van der Waals surface area contributed by atoms with E-state index in [0.29, 0.717) is 17.1 Å². The van der Waals surface area contributed by atoms with Gasteiger partial charge in [-0.3, -0.25) is 23.5 Å². The summed E-state index contributed by atoms with van der Waals surface area (Å²) >= 11 is 0. The molecule has 22 heteroatoms. The number of anilines is 3. The molecule has 0 aliphatic heterocycles. The number of nitrogens with one attached hydrogen (secondary N) is 2. The van der Waals surface area contributed by atoms with Gasteiger partial charge in [0.15, 0.2) is 17.3 Å². The average Bonchev–Trinajstić information content (AvgIpc) is 3.45. The first-order valence-electron chi connectivity index (χ1n) is 16.6. The van der Waals surface area contributed by atoms with Gasteiger partial charge >= 0.3 is 0 Å². The molecule has 0 bridgehead atoms. The number of Topliss-reactive ketones (excluding diaryl/α,β-unsaturated/α-hetero) is 1. The van der Waals surface area contributed by atoms with Crippen molar-refractivity contribution in [2.24, 2.45) is 20.5 Å². The van der Waals surface area contributed by atoms with Crippen LogP contribution >= 0.6 is 0 Å². The predicted octanol–water partition coefficient (Wildman–Crippen LogP) is 5.93. The lowest BCUT2D eigenvalue weighted by Crippen LogP contribution is -2.32. The van der Waals surface area contributed by atoms with Crippen molar-refractivity contribution in [3.05, 3.63) is 95.7 Å². The number of hydrogen-bond donors (Lipinski definition) is 5. The number of ketones is 1. The average molecular weight is 834 g/mol. The van der Waals surface area contributed by atoms with Gasteiger partial charge in [0, 0.05) is 17.7 Å². The number of nitrogen functional groups attached to an aromatic ring is 1. The van der Waals surface area contributed by atoms with Gasteiger partial charge in [-0.1, -0.05) is 18.2 Å². The summed E-state index contributed by atoms with van der Waals surface area (Å²) in [6.45, 7) is 4.07. The Morgan fingerprint density at radius 2 is 1.40 bits per heavy atom. The third-order valence-corrected chi connectivity index (χ3v) is 10.1. The second-order valence-electron chi connectivity index (χ2n) is 12.3. The van der Waals surface area contributed by atoms with Crippen LogP contribution in [0, 0.1) is 13.8 Å². The Kier molecular flexibility index (Phi) is 12.5. The normalized spacial score (nSPS) is 12.4. The Hall–Kier alpha value is -6.88. The van der Waals surface area contributed by atoms with Crippen molar-refractivity contribution < 1.29 is 49.8 Å². The van der Waals surface area contributed by atoms with Gasteiger partial charge in [-0.25, -0.2) is 4.68 Å². The maximum Gasteiger partial charge on any atom is 0.296 e. The number of rotatable bonds is 14. The van der Waals surface area contributed by atoms with Gasteiger partial charge in [0.05, 0.1) is 42.7 Å². The molecule has 20 nitrogen and oxygen atoms in total. The number of aromatic nitrogens is 2. The Balaban J connectivity index is 1.36.